The first kappa shape index (κ1) is 12.5. The molecule has 1 fully saturated rings. The second-order valence-corrected chi connectivity index (χ2v) is 4.25. The van der Waals surface area contributed by atoms with Gasteiger partial charge in [-0.15, -0.1) is 0 Å². The van der Waals surface area contributed by atoms with Gasteiger partial charge in [-0.3, -0.25) is 4.79 Å². The predicted molar refractivity (Wildman–Crippen MR) is 60.7 cm³/mol. The number of carbonyl (C=O) groups excluding carboxylic acids is 1. The first-order valence-electron chi connectivity index (χ1n) is 6.13. The Morgan fingerprint density at radius 1 is 1.33 bits per heavy atom. The highest BCUT2D eigenvalue weighted by Gasteiger charge is 2.21. The summed E-state index contributed by atoms with van der Waals surface area (Å²) in [5.74, 6) is 0.998. The minimum absolute atomic E-state index is 0.159. The minimum atomic E-state index is 0.159. The van der Waals surface area contributed by atoms with Gasteiger partial charge in [0.25, 0.3) is 0 Å². The van der Waals surface area contributed by atoms with Gasteiger partial charge in [0.1, 0.15) is 6.61 Å². The summed E-state index contributed by atoms with van der Waals surface area (Å²) in [6, 6.07) is 0. The molecule has 3 heteroatoms. The lowest BCUT2D eigenvalue weighted by atomic mass is 9.92. The van der Waals surface area contributed by atoms with E-state index in [4.69, 9.17) is 4.74 Å². The van der Waals surface area contributed by atoms with Crippen molar-refractivity contribution in [1.82, 2.24) is 4.90 Å². The quantitative estimate of drug-likeness (QED) is 0.699. The van der Waals surface area contributed by atoms with Gasteiger partial charge < -0.3 is 9.64 Å². The standard InChI is InChI=1S/C12H23NO2/c1-3-5-11-6-8-13(9-7-11)12(14)10-15-4-2/h11H,3-10H2,1-2H3. The van der Waals surface area contributed by atoms with Gasteiger partial charge in [-0.25, -0.2) is 0 Å². The molecular weight excluding hydrogens is 190 g/mol. The Kier molecular flexibility index (Phi) is 5.69. The number of likely N-dealkylation sites (tertiary alicyclic amines) is 1. The smallest absolute Gasteiger partial charge is 0.248 e. The molecule has 0 unspecified atom stereocenters. The Morgan fingerprint density at radius 2 is 2.00 bits per heavy atom. The Labute approximate surface area is 92.8 Å². The lowest BCUT2D eigenvalue weighted by Crippen LogP contribution is -2.40. The van der Waals surface area contributed by atoms with Crippen LogP contribution in [0.5, 0.6) is 0 Å². The Balaban J connectivity index is 2.21. The van der Waals surface area contributed by atoms with Gasteiger partial charge >= 0.3 is 0 Å². The highest BCUT2D eigenvalue weighted by Crippen LogP contribution is 2.21. The SMILES string of the molecule is CCCC1CCN(C(=O)COCC)CC1. The lowest BCUT2D eigenvalue weighted by molar-refractivity contribution is -0.137. The molecule has 0 atom stereocenters. The molecular formula is C12H23NO2. The average Bonchev–Trinajstić information content (AvgIpc) is 2.27. The van der Waals surface area contributed by atoms with Gasteiger partial charge in [-0.1, -0.05) is 19.8 Å². The van der Waals surface area contributed by atoms with Crippen LogP contribution in [0.2, 0.25) is 0 Å². The number of amides is 1. The molecule has 88 valence electrons. The molecule has 1 saturated heterocycles. The number of nitrogens with zero attached hydrogens (tertiary/aromatic N) is 1. The van der Waals surface area contributed by atoms with E-state index >= 15 is 0 Å². The van der Waals surface area contributed by atoms with Crippen LogP contribution < -0.4 is 0 Å². The zero-order valence-corrected chi connectivity index (χ0v) is 10.00. The zero-order valence-electron chi connectivity index (χ0n) is 10.00. The van der Waals surface area contributed by atoms with Crippen molar-refractivity contribution in [3.8, 4) is 0 Å². The van der Waals surface area contributed by atoms with Crippen LogP contribution in [0, 0.1) is 5.92 Å². The summed E-state index contributed by atoms with van der Waals surface area (Å²) in [5, 5.41) is 0. The number of piperidine rings is 1. The van der Waals surface area contributed by atoms with Crippen molar-refractivity contribution in [1.29, 1.82) is 0 Å². The van der Waals surface area contributed by atoms with E-state index in [9.17, 15) is 4.79 Å². The van der Waals surface area contributed by atoms with Gasteiger partial charge in [-0.05, 0) is 25.7 Å². The van der Waals surface area contributed by atoms with Crippen LogP contribution in [0.25, 0.3) is 0 Å². The summed E-state index contributed by atoms with van der Waals surface area (Å²) >= 11 is 0. The summed E-state index contributed by atoms with van der Waals surface area (Å²) < 4.78 is 5.13. The van der Waals surface area contributed by atoms with Gasteiger partial charge in [-0.2, -0.15) is 0 Å². The maximum absolute atomic E-state index is 11.6. The van der Waals surface area contributed by atoms with Gasteiger partial charge in [0.15, 0.2) is 0 Å². The molecule has 0 radical (unpaired) electrons. The summed E-state index contributed by atoms with van der Waals surface area (Å²) in [7, 11) is 0. The molecule has 0 aromatic carbocycles. The summed E-state index contributed by atoms with van der Waals surface area (Å²) in [4.78, 5) is 13.6. The first-order valence-corrected chi connectivity index (χ1v) is 6.13. The fourth-order valence-corrected chi connectivity index (χ4v) is 2.16. The lowest BCUT2D eigenvalue weighted by Gasteiger charge is -2.31. The number of ether oxygens (including phenoxy) is 1. The molecule has 1 amide bonds. The third-order valence-electron chi connectivity index (χ3n) is 3.09. The van der Waals surface area contributed by atoms with E-state index in [1.165, 1.54) is 25.7 Å². The van der Waals surface area contributed by atoms with Crippen LogP contribution >= 0.6 is 0 Å². The van der Waals surface area contributed by atoms with Crippen molar-refractivity contribution < 1.29 is 9.53 Å². The Bertz CT molecular complexity index is 186. The normalized spacial score (nSPS) is 18.1. The number of hydrogen-bond donors (Lipinski definition) is 0. The van der Waals surface area contributed by atoms with Crippen molar-refractivity contribution >= 4 is 5.91 Å². The topological polar surface area (TPSA) is 29.5 Å². The van der Waals surface area contributed by atoms with Crippen LogP contribution in [-0.2, 0) is 9.53 Å². The van der Waals surface area contributed by atoms with E-state index in [1.807, 2.05) is 11.8 Å². The number of hydrogen-bond acceptors (Lipinski definition) is 2. The maximum Gasteiger partial charge on any atom is 0.248 e. The maximum atomic E-state index is 11.6. The van der Waals surface area contributed by atoms with Crippen molar-refractivity contribution in [2.45, 2.75) is 39.5 Å². The summed E-state index contributed by atoms with van der Waals surface area (Å²) in [5.41, 5.74) is 0. The van der Waals surface area contributed by atoms with Gasteiger partial charge in [0.2, 0.25) is 5.91 Å². The molecule has 0 aromatic rings. The molecule has 1 aliphatic heterocycles. The van der Waals surface area contributed by atoms with Gasteiger partial charge in [0, 0.05) is 19.7 Å². The third-order valence-corrected chi connectivity index (χ3v) is 3.09. The fourth-order valence-electron chi connectivity index (χ4n) is 2.16. The zero-order chi connectivity index (χ0) is 11.1. The van der Waals surface area contributed by atoms with E-state index in [2.05, 4.69) is 6.92 Å². The molecule has 0 saturated carbocycles. The van der Waals surface area contributed by atoms with Crippen LogP contribution in [0.15, 0.2) is 0 Å². The molecule has 15 heavy (non-hydrogen) atoms. The summed E-state index contributed by atoms with van der Waals surface area (Å²) in [6.07, 6.45) is 4.92. The molecule has 0 bridgehead atoms. The monoisotopic (exact) mass is 213 g/mol. The van der Waals surface area contributed by atoms with Crippen LogP contribution in [-0.4, -0.2) is 37.1 Å². The summed E-state index contributed by atoms with van der Waals surface area (Å²) in [6.45, 7) is 6.88. The molecule has 0 aliphatic carbocycles. The number of carbonyl (C=O) groups is 1. The first-order chi connectivity index (χ1) is 7.27. The van der Waals surface area contributed by atoms with Crippen LogP contribution in [0.3, 0.4) is 0 Å². The highest BCUT2D eigenvalue weighted by atomic mass is 16.5. The molecule has 1 aliphatic rings. The van der Waals surface area contributed by atoms with Crippen molar-refractivity contribution in [2.75, 3.05) is 26.3 Å². The number of rotatable bonds is 5. The van der Waals surface area contributed by atoms with Crippen molar-refractivity contribution in [3.05, 3.63) is 0 Å². The van der Waals surface area contributed by atoms with E-state index in [1.54, 1.807) is 0 Å². The Morgan fingerprint density at radius 3 is 2.53 bits per heavy atom. The van der Waals surface area contributed by atoms with E-state index in [0.29, 0.717) is 6.61 Å². The van der Waals surface area contributed by atoms with Crippen molar-refractivity contribution in [3.63, 3.8) is 0 Å². The second-order valence-electron chi connectivity index (χ2n) is 4.25. The van der Waals surface area contributed by atoms with Crippen LogP contribution in [0.4, 0.5) is 0 Å². The third kappa shape index (κ3) is 4.20. The van der Waals surface area contributed by atoms with Gasteiger partial charge in [0.05, 0.1) is 0 Å². The predicted octanol–water partition coefficient (Wildman–Crippen LogP) is 2.06. The molecule has 1 heterocycles. The molecule has 0 aromatic heterocycles. The minimum Gasteiger partial charge on any atom is -0.372 e. The average molecular weight is 213 g/mol. The highest BCUT2D eigenvalue weighted by molar-refractivity contribution is 5.77. The second kappa shape index (κ2) is 6.83. The van der Waals surface area contributed by atoms with Crippen molar-refractivity contribution in [2.24, 2.45) is 5.92 Å². The van der Waals surface area contributed by atoms with Crippen LogP contribution in [0.1, 0.15) is 39.5 Å². The molecule has 3 nitrogen and oxygen atoms in total. The molecule has 1 rings (SSSR count). The largest absolute Gasteiger partial charge is 0.372 e. The Hall–Kier alpha value is -0.570. The van der Waals surface area contributed by atoms with E-state index < -0.39 is 0 Å². The molecule has 0 spiro atoms. The molecule has 0 N–H and O–H groups in total. The van der Waals surface area contributed by atoms with E-state index in [0.717, 1.165) is 19.0 Å². The van der Waals surface area contributed by atoms with E-state index in [-0.39, 0.29) is 12.5 Å². The fraction of sp³-hybridized carbons (Fsp3) is 0.917.